The van der Waals surface area contributed by atoms with Crippen LogP contribution in [-0.4, -0.2) is 68.6 Å². The molecule has 0 unspecified atom stereocenters. The Balaban J connectivity index is 1.57. The molecular formula is C19H25NO7S. The van der Waals surface area contributed by atoms with Gasteiger partial charge >= 0.3 is 5.97 Å². The molecule has 1 saturated heterocycles. The van der Waals surface area contributed by atoms with E-state index < -0.39 is 34.4 Å². The second-order valence-corrected chi connectivity index (χ2v) is 9.70. The molecule has 0 bridgehead atoms. The predicted molar refractivity (Wildman–Crippen MR) is 101 cm³/mol. The standard InChI is InChI=1S/C19H25NO7S/c1-13(2)9-20(14-7-8-28(23,24)12-14)18(21)11-26-19(22)17-10-25-15-5-3-4-6-16(15)27-17/h3-6,13-14,17H,7-12H2,1-2H3/t14-,17+/m1/s1. The number of hydrogen-bond donors (Lipinski definition) is 0. The molecule has 1 fully saturated rings. The van der Waals surface area contributed by atoms with Crippen molar-refractivity contribution in [3.8, 4) is 11.5 Å². The van der Waals surface area contributed by atoms with Gasteiger partial charge in [0.2, 0.25) is 6.10 Å². The summed E-state index contributed by atoms with van der Waals surface area (Å²) in [5.74, 6) is 0.0943. The maximum atomic E-state index is 12.6. The van der Waals surface area contributed by atoms with Gasteiger partial charge in [-0.25, -0.2) is 13.2 Å². The number of benzene rings is 1. The summed E-state index contributed by atoms with van der Waals surface area (Å²) in [4.78, 5) is 26.5. The second-order valence-electron chi connectivity index (χ2n) is 7.47. The van der Waals surface area contributed by atoms with E-state index in [2.05, 4.69) is 0 Å². The van der Waals surface area contributed by atoms with Gasteiger partial charge in [-0.15, -0.1) is 0 Å². The second kappa shape index (κ2) is 8.38. The third-order valence-corrected chi connectivity index (χ3v) is 6.39. The molecule has 28 heavy (non-hydrogen) atoms. The molecule has 2 atom stereocenters. The van der Waals surface area contributed by atoms with Crippen LogP contribution in [-0.2, 0) is 24.2 Å². The minimum absolute atomic E-state index is 0.000609. The summed E-state index contributed by atoms with van der Waals surface area (Å²) < 4.78 is 39.7. The van der Waals surface area contributed by atoms with E-state index in [1.54, 1.807) is 24.3 Å². The monoisotopic (exact) mass is 411 g/mol. The fraction of sp³-hybridized carbons (Fsp3) is 0.579. The van der Waals surface area contributed by atoms with E-state index in [0.717, 1.165) is 0 Å². The number of fused-ring (bicyclic) bond motifs is 1. The van der Waals surface area contributed by atoms with Crippen molar-refractivity contribution in [2.24, 2.45) is 5.92 Å². The van der Waals surface area contributed by atoms with Gasteiger partial charge in [-0.05, 0) is 24.5 Å². The highest BCUT2D eigenvalue weighted by molar-refractivity contribution is 7.91. The van der Waals surface area contributed by atoms with Gasteiger partial charge in [0.1, 0.15) is 6.61 Å². The number of hydrogen-bond acceptors (Lipinski definition) is 7. The number of ether oxygens (including phenoxy) is 3. The highest BCUT2D eigenvalue weighted by Gasteiger charge is 2.36. The number of esters is 1. The van der Waals surface area contributed by atoms with Crippen molar-refractivity contribution in [2.75, 3.05) is 31.3 Å². The normalized spacial score (nSPS) is 22.7. The molecule has 2 aliphatic rings. The van der Waals surface area contributed by atoms with Crippen LogP contribution in [0.4, 0.5) is 0 Å². The highest BCUT2D eigenvalue weighted by Crippen LogP contribution is 2.31. The SMILES string of the molecule is CC(C)CN(C(=O)COC(=O)[C@@H]1COc2ccccc2O1)[C@@H]1CCS(=O)(=O)C1. The Morgan fingerprint density at radius 3 is 2.61 bits per heavy atom. The maximum absolute atomic E-state index is 12.6. The summed E-state index contributed by atoms with van der Waals surface area (Å²) >= 11 is 0. The highest BCUT2D eigenvalue weighted by atomic mass is 32.2. The van der Waals surface area contributed by atoms with Crippen LogP contribution in [0.2, 0.25) is 0 Å². The van der Waals surface area contributed by atoms with Crippen molar-refractivity contribution >= 4 is 21.7 Å². The zero-order valence-corrected chi connectivity index (χ0v) is 16.8. The van der Waals surface area contributed by atoms with E-state index >= 15 is 0 Å². The average molecular weight is 411 g/mol. The fourth-order valence-corrected chi connectivity index (χ4v) is 5.04. The molecule has 0 radical (unpaired) electrons. The summed E-state index contributed by atoms with van der Waals surface area (Å²) in [5.41, 5.74) is 0. The van der Waals surface area contributed by atoms with Crippen LogP contribution in [0.1, 0.15) is 20.3 Å². The Bertz CT molecular complexity index is 836. The Kier molecular flexibility index (Phi) is 6.12. The van der Waals surface area contributed by atoms with Gasteiger partial charge < -0.3 is 19.1 Å². The summed E-state index contributed by atoms with van der Waals surface area (Å²) in [6.45, 7) is 3.85. The number of carbonyl (C=O) groups is 2. The number of rotatable bonds is 6. The molecule has 1 aromatic rings. The van der Waals surface area contributed by atoms with Gasteiger partial charge in [0.05, 0.1) is 11.5 Å². The molecule has 1 aromatic carbocycles. The van der Waals surface area contributed by atoms with Crippen molar-refractivity contribution in [3.05, 3.63) is 24.3 Å². The first kappa shape index (κ1) is 20.4. The van der Waals surface area contributed by atoms with Gasteiger partial charge in [0, 0.05) is 12.6 Å². The average Bonchev–Trinajstić information content (AvgIpc) is 3.02. The molecule has 8 nitrogen and oxygen atoms in total. The van der Waals surface area contributed by atoms with E-state index in [0.29, 0.717) is 24.5 Å². The third-order valence-electron chi connectivity index (χ3n) is 4.64. The molecule has 2 heterocycles. The van der Waals surface area contributed by atoms with Crippen LogP contribution in [0, 0.1) is 5.92 Å². The number of para-hydroxylation sites is 2. The summed E-state index contributed by atoms with van der Waals surface area (Å²) in [5, 5.41) is 0. The molecule has 2 aliphatic heterocycles. The smallest absolute Gasteiger partial charge is 0.351 e. The number of nitrogens with zero attached hydrogens (tertiary/aromatic N) is 1. The van der Waals surface area contributed by atoms with Crippen LogP contribution >= 0.6 is 0 Å². The van der Waals surface area contributed by atoms with Crippen LogP contribution in [0.15, 0.2) is 24.3 Å². The largest absolute Gasteiger partial charge is 0.485 e. The lowest BCUT2D eigenvalue weighted by molar-refractivity contribution is -0.160. The first-order valence-electron chi connectivity index (χ1n) is 9.30. The molecule has 3 rings (SSSR count). The molecule has 154 valence electrons. The summed E-state index contributed by atoms with van der Waals surface area (Å²) in [6, 6.07) is 6.61. The molecule has 0 spiro atoms. The molecule has 0 N–H and O–H groups in total. The van der Waals surface area contributed by atoms with Crippen LogP contribution in [0.3, 0.4) is 0 Å². The first-order valence-corrected chi connectivity index (χ1v) is 11.1. The molecule has 0 aromatic heterocycles. The Morgan fingerprint density at radius 2 is 1.96 bits per heavy atom. The molecular weight excluding hydrogens is 386 g/mol. The topological polar surface area (TPSA) is 99.2 Å². The first-order chi connectivity index (χ1) is 13.2. The molecule has 9 heteroatoms. The fourth-order valence-electron chi connectivity index (χ4n) is 3.31. The Morgan fingerprint density at radius 1 is 1.25 bits per heavy atom. The van der Waals surface area contributed by atoms with Gasteiger partial charge in [0.15, 0.2) is 27.9 Å². The van der Waals surface area contributed by atoms with E-state index in [1.807, 2.05) is 13.8 Å². The van der Waals surface area contributed by atoms with Crippen molar-refractivity contribution in [1.82, 2.24) is 4.90 Å². The van der Waals surface area contributed by atoms with Crippen LogP contribution < -0.4 is 9.47 Å². The molecule has 0 aliphatic carbocycles. The molecule has 0 saturated carbocycles. The zero-order valence-electron chi connectivity index (χ0n) is 16.0. The number of amides is 1. The Labute approximate surface area is 164 Å². The van der Waals surface area contributed by atoms with E-state index in [4.69, 9.17) is 14.2 Å². The zero-order chi connectivity index (χ0) is 20.3. The summed E-state index contributed by atoms with van der Waals surface area (Å²) in [7, 11) is -3.12. The lowest BCUT2D eigenvalue weighted by Crippen LogP contribution is -2.46. The van der Waals surface area contributed by atoms with Crippen LogP contribution in [0.5, 0.6) is 11.5 Å². The van der Waals surface area contributed by atoms with Gasteiger partial charge in [0.25, 0.3) is 5.91 Å². The van der Waals surface area contributed by atoms with E-state index in [-0.39, 0.29) is 30.1 Å². The van der Waals surface area contributed by atoms with Gasteiger partial charge in [-0.2, -0.15) is 0 Å². The minimum Gasteiger partial charge on any atom is -0.485 e. The van der Waals surface area contributed by atoms with Crippen molar-refractivity contribution in [2.45, 2.75) is 32.4 Å². The van der Waals surface area contributed by atoms with Crippen molar-refractivity contribution in [3.63, 3.8) is 0 Å². The van der Waals surface area contributed by atoms with Crippen molar-refractivity contribution in [1.29, 1.82) is 0 Å². The van der Waals surface area contributed by atoms with E-state index in [9.17, 15) is 18.0 Å². The Hall–Kier alpha value is -2.29. The van der Waals surface area contributed by atoms with Crippen LogP contribution in [0.25, 0.3) is 0 Å². The third kappa shape index (κ3) is 4.95. The quantitative estimate of drug-likeness (QED) is 0.645. The number of carbonyl (C=O) groups excluding carboxylic acids is 2. The van der Waals surface area contributed by atoms with Gasteiger partial charge in [-0.1, -0.05) is 26.0 Å². The summed E-state index contributed by atoms with van der Waals surface area (Å²) in [6.07, 6.45) is -0.543. The van der Waals surface area contributed by atoms with Gasteiger partial charge in [-0.3, -0.25) is 4.79 Å². The minimum atomic E-state index is -3.12. The lowest BCUT2D eigenvalue weighted by atomic mass is 10.1. The maximum Gasteiger partial charge on any atom is 0.351 e. The number of sulfone groups is 1. The lowest BCUT2D eigenvalue weighted by Gasteiger charge is -2.30. The molecule has 1 amide bonds. The van der Waals surface area contributed by atoms with Crippen molar-refractivity contribution < 1.29 is 32.2 Å². The van der Waals surface area contributed by atoms with E-state index in [1.165, 1.54) is 4.90 Å². The predicted octanol–water partition coefficient (Wildman–Crippen LogP) is 1.04.